The molecule has 3 rings (SSSR count). The standard InChI is InChI=1S/C16H19N5O2/c1-11(15-17-9-14(23-15)16(2,3)4)22-13-7-5-12(6-8-13)21-10-18-19-20-21/h5-11H,1-4H3/t11-/m1/s1. The molecule has 23 heavy (non-hydrogen) atoms. The van der Waals surface area contributed by atoms with Gasteiger partial charge in [0.25, 0.3) is 0 Å². The van der Waals surface area contributed by atoms with Crippen molar-refractivity contribution in [3.05, 3.63) is 48.4 Å². The van der Waals surface area contributed by atoms with Crippen molar-refractivity contribution >= 4 is 0 Å². The second-order valence-electron chi connectivity index (χ2n) is 6.32. The van der Waals surface area contributed by atoms with Crippen LogP contribution in [0.3, 0.4) is 0 Å². The van der Waals surface area contributed by atoms with Gasteiger partial charge in [0.15, 0.2) is 6.10 Å². The Hall–Kier alpha value is -2.70. The van der Waals surface area contributed by atoms with Crippen molar-refractivity contribution in [2.24, 2.45) is 0 Å². The highest BCUT2D eigenvalue weighted by molar-refractivity contribution is 5.36. The van der Waals surface area contributed by atoms with Gasteiger partial charge < -0.3 is 9.15 Å². The smallest absolute Gasteiger partial charge is 0.235 e. The summed E-state index contributed by atoms with van der Waals surface area (Å²) in [6.07, 6.45) is 3.03. The monoisotopic (exact) mass is 313 g/mol. The first-order chi connectivity index (χ1) is 10.9. The molecule has 0 aliphatic carbocycles. The number of rotatable bonds is 4. The molecule has 7 heteroatoms. The molecule has 0 bridgehead atoms. The van der Waals surface area contributed by atoms with Crippen molar-refractivity contribution in [3.8, 4) is 11.4 Å². The first-order valence-corrected chi connectivity index (χ1v) is 7.40. The predicted octanol–water partition coefficient (Wildman–Crippen LogP) is 3.09. The molecule has 0 radical (unpaired) electrons. The van der Waals surface area contributed by atoms with E-state index in [1.54, 1.807) is 17.2 Å². The van der Waals surface area contributed by atoms with Gasteiger partial charge in [0.2, 0.25) is 5.89 Å². The van der Waals surface area contributed by atoms with Gasteiger partial charge in [0.1, 0.15) is 17.8 Å². The lowest BCUT2D eigenvalue weighted by molar-refractivity contribution is 0.182. The zero-order valence-electron chi connectivity index (χ0n) is 13.6. The first-order valence-electron chi connectivity index (χ1n) is 7.40. The van der Waals surface area contributed by atoms with Crippen LogP contribution in [0.25, 0.3) is 5.69 Å². The van der Waals surface area contributed by atoms with E-state index in [0.29, 0.717) is 5.89 Å². The average molecular weight is 313 g/mol. The number of aromatic nitrogens is 5. The van der Waals surface area contributed by atoms with Crippen molar-refractivity contribution in [2.45, 2.75) is 39.2 Å². The molecule has 1 atom stereocenters. The number of hydrogen-bond donors (Lipinski definition) is 0. The van der Waals surface area contributed by atoms with Crippen molar-refractivity contribution in [1.82, 2.24) is 25.2 Å². The lowest BCUT2D eigenvalue weighted by atomic mass is 9.94. The van der Waals surface area contributed by atoms with Gasteiger partial charge in [-0.1, -0.05) is 20.8 Å². The van der Waals surface area contributed by atoms with E-state index < -0.39 is 0 Å². The summed E-state index contributed by atoms with van der Waals surface area (Å²) in [4.78, 5) is 4.31. The molecule has 0 saturated heterocycles. The molecule has 2 aromatic heterocycles. The molecule has 2 heterocycles. The number of benzene rings is 1. The largest absolute Gasteiger partial charge is 0.481 e. The molecule has 120 valence electrons. The number of ether oxygens (including phenoxy) is 1. The molecule has 7 nitrogen and oxygen atoms in total. The summed E-state index contributed by atoms with van der Waals surface area (Å²) in [5.41, 5.74) is 0.791. The van der Waals surface area contributed by atoms with Crippen LogP contribution in [0.4, 0.5) is 0 Å². The van der Waals surface area contributed by atoms with Crippen LogP contribution in [0.5, 0.6) is 5.75 Å². The van der Waals surface area contributed by atoms with Crippen LogP contribution in [0, 0.1) is 0 Å². The van der Waals surface area contributed by atoms with Crippen LogP contribution in [-0.2, 0) is 5.41 Å². The summed E-state index contributed by atoms with van der Waals surface area (Å²) >= 11 is 0. The number of oxazole rings is 1. The Balaban J connectivity index is 1.70. The minimum absolute atomic E-state index is 0.0710. The van der Waals surface area contributed by atoms with Crippen molar-refractivity contribution in [2.75, 3.05) is 0 Å². The highest BCUT2D eigenvalue weighted by atomic mass is 16.5. The summed E-state index contributed by atoms with van der Waals surface area (Å²) in [6.45, 7) is 8.16. The molecule has 0 N–H and O–H groups in total. The summed E-state index contributed by atoms with van der Waals surface area (Å²) in [5, 5.41) is 11.1. The fourth-order valence-electron chi connectivity index (χ4n) is 2.03. The zero-order chi connectivity index (χ0) is 16.4. The fourth-order valence-corrected chi connectivity index (χ4v) is 2.03. The van der Waals surface area contributed by atoms with E-state index in [4.69, 9.17) is 9.15 Å². The third kappa shape index (κ3) is 3.39. The van der Waals surface area contributed by atoms with Gasteiger partial charge in [-0.05, 0) is 41.6 Å². The minimum atomic E-state index is -0.273. The summed E-state index contributed by atoms with van der Waals surface area (Å²) in [7, 11) is 0. The van der Waals surface area contributed by atoms with Gasteiger partial charge in [-0.2, -0.15) is 0 Å². The highest BCUT2D eigenvalue weighted by Crippen LogP contribution is 2.27. The van der Waals surface area contributed by atoms with Gasteiger partial charge in [-0.15, -0.1) is 5.10 Å². The normalized spacial score (nSPS) is 13.0. The van der Waals surface area contributed by atoms with Crippen molar-refractivity contribution < 1.29 is 9.15 Å². The third-order valence-corrected chi connectivity index (χ3v) is 3.37. The van der Waals surface area contributed by atoms with E-state index in [1.165, 1.54) is 0 Å². The summed E-state index contributed by atoms with van der Waals surface area (Å²) < 4.78 is 13.3. The second-order valence-corrected chi connectivity index (χ2v) is 6.32. The van der Waals surface area contributed by atoms with E-state index >= 15 is 0 Å². The van der Waals surface area contributed by atoms with E-state index in [0.717, 1.165) is 17.2 Å². The van der Waals surface area contributed by atoms with Crippen LogP contribution in [-0.4, -0.2) is 25.2 Å². The van der Waals surface area contributed by atoms with Gasteiger partial charge in [0, 0.05) is 5.41 Å². The van der Waals surface area contributed by atoms with E-state index in [-0.39, 0.29) is 11.5 Å². The molecule has 1 aromatic carbocycles. The molecule has 3 aromatic rings. The van der Waals surface area contributed by atoms with Crippen LogP contribution in [0.2, 0.25) is 0 Å². The van der Waals surface area contributed by atoms with Crippen LogP contribution < -0.4 is 4.74 Å². The topological polar surface area (TPSA) is 78.9 Å². The maximum atomic E-state index is 5.88. The average Bonchev–Trinajstić information content (AvgIpc) is 3.19. The molecule has 0 saturated carbocycles. The molecule has 0 amide bonds. The Bertz CT molecular complexity index is 757. The Morgan fingerprint density at radius 1 is 1.17 bits per heavy atom. The maximum Gasteiger partial charge on any atom is 0.235 e. The quantitative estimate of drug-likeness (QED) is 0.736. The zero-order valence-corrected chi connectivity index (χ0v) is 13.6. The number of hydrogen-bond acceptors (Lipinski definition) is 6. The predicted molar refractivity (Wildman–Crippen MR) is 83.4 cm³/mol. The molecular formula is C16H19N5O2. The fraction of sp³-hybridized carbons (Fsp3) is 0.375. The van der Waals surface area contributed by atoms with Crippen LogP contribution >= 0.6 is 0 Å². The molecule has 0 fully saturated rings. The van der Waals surface area contributed by atoms with Gasteiger partial charge in [-0.3, -0.25) is 0 Å². The Morgan fingerprint density at radius 2 is 1.91 bits per heavy atom. The second kappa shape index (κ2) is 5.83. The molecule has 0 aliphatic rings. The third-order valence-electron chi connectivity index (χ3n) is 3.37. The lowest BCUT2D eigenvalue weighted by Gasteiger charge is -2.15. The van der Waals surface area contributed by atoms with E-state index in [9.17, 15) is 0 Å². The summed E-state index contributed by atoms with van der Waals surface area (Å²) in [6, 6.07) is 7.49. The molecular weight excluding hydrogens is 294 g/mol. The van der Waals surface area contributed by atoms with E-state index in [1.807, 2.05) is 31.2 Å². The Labute approximate surface area is 134 Å². The number of tetrazole rings is 1. The van der Waals surface area contributed by atoms with E-state index in [2.05, 4.69) is 41.3 Å². The van der Waals surface area contributed by atoms with Crippen molar-refractivity contribution in [3.63, 3.8) is 0 Å². The van der Waals surface area contributed by atoms with Gasteiger partial charge in [0.05, 0.1) is 11.9 Å². The molecule has 0 aliphatic heterocycles. The SMILES string of the molecule is C[C@@H](Oc1ccc(-n2cnnn2)cc1)c1ncc(C(C)(C)C)o1. The maximum absolute atomic E-state index is 5.88. The van der Waals surface area contributed by atoms with Gasteiger partial charge >= 0.3 is 0 Å². The molecule has 0 unspecified atom stereocenters. The first kappa shape index (κ1) is 15.2. The summed E-state index contributed by atoms with van der Waals surface area (Å²) in [5.74, 6) is 2.14. The lowest BCUT2D eigenvalue weighted by Crippen LogP contribution is -2.09. The van der Waals surface area contributed by atoms with Gasteiger partial charge in [-0.25, -0.2) is 9.67 Å². The van der Waals surface area contributed by atoms with Crippen molar-refractivity contribution in [1.29, 1.82) is 0 Å². The number of nitrogens with zero attached hydrogens (tertiary/aromatic N) is 5. The molecule has 0 spiro atoms. The Morgan fingerprint density at radius 3 is 2.48 bits per heavy atom. The highest BCUT2D eigenvalue weighted by Gasteiger charge is 2.22. The minimum Gasteiger partial charge on any atom is -0.481 e. The Kier molecular flexibility index (Phi) is 3.85. The van der Waals surface area contributed by atoms with Crippen LogP contribution in [0.15, 0.2) is 41.2 Å². The van der Waals surface area contributed by atoms with Crippen LogP contribution in [0.1, 0.15) is 45.4 Å².